The standard InChI is InChI=1S/C13H21N3O2S/c17-19(18)9-7-16(8-10-19)13-2-1-11-3-5-14-6-4-12(11)15-13/h1-2,14,17-18H,3-10H2. The number of aromatic nitrogens is 1. The zero-order chi connectivity index (χ0) is 13.3. The summed E-state index contributed by atoms with van der Waals surface area (Å²) in [5, 5.41) is 3.39. The van der Waals surface area contributed by atoms with Crippen LogP contribution in [-0.4, -0.2) is 51.8 Å². The summed E-state index contributed by atoms with van der Waals surface area (Å²) in [7, 11) is -2.33. The van der Waals surface area contributed by atoms with Gasteiger partial charge in [-0.2, -0.15) is 10.6 Å². The number of rotatable bonds is 1. The first-order valence-corrected chi connectivity index (χ1v) is 8.71. The first-order valence-electron chi connectivity index (χ1n) is 6.82. The van der Waals surface area contributed by atoms with Gasteiger partial charge in [0.05, 0.1) is 11.5 Å². The Bertz CT molecular complexity index is 457. The number of nitrogens with zero attached hydrogens (tertiary/aromatic N) is 2. The number of fused-ring (bicyclic) bond motifs is 1. The molecule has 106 valence electrons. The molecule has 0 atom stereocenters. The van der Waals surface area contributed by atoms with E-state index in [-0.39, 0.29) is 0 Å². The van der Waals surface area contributed by atoms with E-state index in [9.17, 15) is 9.11 Å². The summed E-state index contributed by atoms with van der Waals surface area (Å²) in [6, 6.07) is 4.25. The fraction of sp³-hybridized carbons (Fsp3) is 0.615. The predicted octanol–water partition coefficient (Wildman–Crippen LogP) is 1.34. The van der Waals surface area contributed by atoms with E-state index in [1.54, 1.807) is 0 Å². The molecule has 1 saturated heterocycles. The topological polar surface area (TPSA) is 68.6 Å². The Labute approximate surface area is 115 Å². The number of nitrogens with one attached hydrogen (secondary N) is 1. The summed E-state index contributed by atoms with van der Waals surface area (Å²) in [5.41, 5.74) is 2.54. The lowest BCUT2D eigenvalue weighted by Gasteiger charge is -2.41. The molecule has 19 heavy (non-hydrogen) atoms. The van der Waals surface area contributed by atoms with Crippen molar-refractivity contribution in [3.05, 3.63) is 23.4 Å². The Kier molecular flexibility index (Phi) is 3.66. The van der Waals surface area contributed by atoms with Gasteiger partial charge in [-0.15, -0.1) is 0 Å². The van der Waals surface area contributed by atoms with E-state index in [0.29, 0.717) is 24.6 Å². The van der Waals surface area contributed by atoms with Crippen LogP contribution in [0.4, 0.5) is 5.82 Å². The highest BCUT2D eigenvalue weighted by Gasteiger charge is 2.23. The molecule has 2 aliphatic rings. The summed E-state index contributed by atoms with van der Waals surface area (Å²) in [6.07, 6.45) is 2.02. The molecule has 5 nitrogen and oxygen atoms in total. The van der Waals surface area contributed by atoms with Crippen molar-refractivity contribution in [2.24, 2.45) is 0 Å². The molecule has 3 heterocycles. The molecule has 0 unspecified atom stereocenters. The molecule has 0 aliphatic carbocycles. The highest BCUT2D eigenvalue weighted by molar-refractivity contribution is 8.24. The summed E-state index contributed by atoms with van der Waals surface area (Å²) in [5.74, 6) is 1.91. The van der Waals surface area contributed by atoms with Gasteiger partial charge in [0.1, 0.15) is 5.82 Å². The summed E-state index contributed by atoms with van der Waals surface area (Å²) >= 11 is 0. The van der Waals surface area contributed by atoms with Crippen molar-refractivity contribution in [1.82, 2.24) is 10.3 Å². The van der Waals surface area contributed by atoms with Gasteiger partial charge in [0.15, 0.2) is 0 Å². The van der Waals surface area contributed by atoms with E-state index in [2.05, 4.69) is 22.3 Å². The fourth-order valence-electron chi connectivity index (χ4n) is 2.65. The molecule has 0 bridgehead atoms. The lowest BCUT2D eigenvalue weighted by molar-refractivity contribution is 0.479. The van der Waals surface area contributed by atoms with Gasteiger partial charge in [-0.05, 0) is 24.6 Å². The van der Waals surface area contributed by atoms with Gasteiger partial charge in [-0.3, -0.25) is 9.11 Å². The average Bonchev–Trinajstić information content (AvgIpc) is 2.63. The molecular weight excluding hydrogens is 262 g/mol. The van der Waals surface area contributed by atoms with E-state index in [1.807, 2.05) is 0 Å². The zero-order valence-corrected chi connectivity index (χ0v) is 11.8. The van der Waals surface area contributed by atoms with Crippen LogP contribution < -0.4 is 10.2 Å². The monoisotopic (exact) mass is 283 g/mol. The van der Waals surface area contributed by atoms with Gasteiger partial charge in [-0.1, -0.05) is 6.07 Å². The average molecular weight is 283 g/mol. The SMILES string of the molecule is OS1(O)CCN(c2ccc3c(n2)CCNCC3)CC1. The smallest absolute Gasteiger partial charge is 0.128 e. The van der Waals surface area contributed by atoms with E-state index in [0.717, 1.165) is 31.7 Å². The van der Waals surface area contributed by atoms with Crippen molar-refractivity contribution in [3.8, 4) is 0 Å². The lowest BCUT2D eigenvalue weighted by atomic mass is 10.1. The van der Waals surface area contributed by atoms with Crippen molar-refractivity contribution >= 4 is 16.4 Å². The predicted molar refractivity (Wildman–Crippen MR) is 79.3 cm³/mol. The Hall–Kier alpha value is -0.820. The van der Waals surface area contributed by atoms with E-state index < -0.39 is 10.6 Å². The third-order valence-electron chi connectivity index (χ3n) is 3.86. The minimum atomic E-state index is -2.33. The maximum atomic E-state index is 9.65. The Morgan fingerprint density at radius 3 is 2.63 bits per heavy atom. The second kappa shape index (κ2) is 5.28. The molecule has 0 spiro atoms. The first-order chi connectivity index (χ1) is 9.14. The van der Waals surface area contributed by atoms with Crippen molar-refractivity contribution in [2.45, 2.75) is 12.8 Å². The molecule has 1 aromatic heterocycles. The number of hydrogen-bond donors (Lipinski definition) is 3. The van der Waals surface area contributed by atoms with Gasteiger partial charge < -0.3 is 10.2 Å². The zero-order valence-electron chi connectivity index (χ0n) is 11.0. The maximum absolute atomic E-state index is 9.65. The van der Waals surface area contributed by atoms with Crippen LogP contribution in [0.1, 0.15) is 11.3 Å². The lowest BCUT2D eigenvalue weighted by Crippen LogP contribution is -2.38. The van der Waals surface area contributed by atoms with Gasteiger partial charge in [-0.25, -0.2) is 4.98 Å². The highest BCUT2D eigenvalue weighted by atomic mass is 32.3. The molecule has 1 aromatic rings. The highest BCUT2D eigenvalue weighted by Crippen LogP contribution is 2.41. The molecule has 1 fully saturated rings. The minimum absolute atomic E-state index is 0.466. The third-order valence-corrected chi connectivity index (χ3v) is 5.54. The molecule has 6 heteroatoms. The van der Waals surface area contributed by atoms with Crippen LogP contribution in [0.2, 0.25) is 0 Å². The van der Waals surface area contributed by atoms with E-state index in [4.69, 9.17) is 4.98 Å². The molecule has 2 aliphatic heterocycles. The maximum Gasteiger partial charge on any atom is 0.128 e. The Balaban J connectivity index is 1.77. The fourth-order valence-corrected chi connectivity index (χ4v) is 3.88. The third kappa shape index (κ3) is 3.02. The second-order valence-electron chi connectivity index (χ2n) is 5.22. The summed E-state index contributed by atoms with van der Waals surface area (Å²) in [6.45, 7) is 3.39. The molecule has 3 N–H and O–H groups in total. The number of pyridine rings is 1. The van der Waals surface area contributed by atoms with Crippen LogP contribution >= 0.6 is 10.6 Å². The van der Waals surface area contributed by atoms with Crippen LogP contribution in [0, 0.1) is 0 Å². The molecule has 0 amide bonds. The van der Waals surface area contributed by atoms with Crippen molar-refractivity contribution < 1.29 is 9.11 Å². The van der Waals surface area contributed by atoms with Crippen LogP contribution in [-0.2, 0) is 12.8 Å². The number of anilines is 1. The van der Waals surface area contributed by atoms with Crippen molar-refractivity contribution in [3.63, 3.8) is 0 Å². The molecule has 0 aromatic carbocycles. The largest absolute Gasteiger partial charge is 0.353 e. The summed E-state index contributed by atoms with van der Waals surface area (Å²) in [4.78, 5) is 6.94. The molecule has 0 radical (unpaired) electrons. The van der Waals surface area contributed by atoms with Gasteiger partial charge >= 0.3 is 0 Å². The van der Waals surface area contributed by atoms with Crippen LogP contribution in [0.25, 0.3) is 0 Å². The van der Waals surface area contributed by atoms with Crippen LogP contribution in [0.3, 0.4) is 0 Å². The Morgan fingerprint density at radius 1 is 1.11 bits per heavy atom. The van der Waals surface area contributed by atoms with Crippen molar-refractivity contribution in [1.29, 1.82) is 0 Å². The second-order valence-corrected chi connectivity index (χ2v) is 7.64. The molecule has 3 rings (SSSR count). The summed E-state index contributed by atoms with van der Waals surface area (Å²) < 4.78 is 19.3. The van der Waals surface area contributed by atoms with Gasteiger partial charge in [0, 0.05) is 31.7 Å². The first kappa shape index (κ1) is 13.2. The van der Waals surface area contributed by atoms with Gasteiger partial charge in [0.25, 0.3) is 0 Å². The Morgan fingerprint density at radius 2 is 1.84 bits per heavy atom. The van der Waals surface area contributed by atoms with Crippen LogP contribution in [0.15, 0.2) is 12.1 Å². The van der Waals surface area contributed by atoms with E-state index in [1.165, 1.54) is 11.3 Å². The van der Waals surface area contributed by atoms with Gasteiger partial charge in [0.2, 0.25) is 0 Å². The minimum Gasteiger partial charge on any atom is -0.353 e. The molecule has 0 saturated carbocycles. The van der Waals surface area contributed by atoms with Crippen molar-refractivity contribution in [2.75, 3.05) is 42.6 Å². The number of hydrogen-bond acceptors (Lipinski definition) is 5. The quantitative estimate of drug-likeness (QED) is 0.726. The normalized spacial score (nSPS) is 24.4. The van der Waals surface area contributed by atoms with Crippen LogP contribution in [0.5, 0.6) is 0 Å². The molecular formula is C13H21N3O2S. The van der Waals surface area contributed by atoms with E-state index >= 15 is 0 Å².